The lowest BCUT2D eigenvalue weighted by Crippen LogP contribution is -2.39. The smallest absolute Gasteiger partial charge is 0.191 e. The molecule has 1 atom stereocenters. The number of halogens is 1. The number of para-hydroxylation sites is 1. The van der Waals surface area contributed by atoms with E-state index < -0.39 is 6.10 Å². The summed E-state index contributed by atoms with van der Waals surface area (Å²) in [5, 5.41) is 17.1. The number of hydrogen-bond acceptors (Lipinski definition) is 5. The average molecular weight is 555 g/mol. The third-order valence-electron chi connectivity index (χ3n) is 4.68. The van der Waals surface area contributed by atoms with Gasteiger partial charge >= 0.3 is 0 Å². The van der Waals surface area contributed by atoms with Crippen LogP contribution in [0.15, 0.2) is 47.5 Å². The fourth-order valence-corrected chi connectivity index (χ4v) is 3.26. The van der Waals surface area contributed by atoms with E-state index in [9.17, 15) is 5.11 Å². The number of rotatable bonds is 8. The van der Waals surface area contributed by atoms with Crippen LogP contribution in [0.4, 0.5) is 0 Å². The van der Waals surface area contributed by atoms with Crippen molar-refractivity contribution in [3.8, 4) is 17.2 Å². The summed E-state index contributed by atoms with van der Waals surface area (Å²) in [7, 11) is 0. The fraction of sp³-hybridized carbons (Fsp3) is 0.458. The first-order chi connectivity index (χ1) is 15.1. The summed E-state index contributed by atoms with van der Waals surface area (Å²) in [6.45, 7) is 8.74. The van der Waals surface area contributed by atoms with Crippen molar-refractivity contribution in [2.75, 3.05) is 26.3 Å². The molecule has 0 spiro atoms. The zero-order valence-corrected chi connectivity index (χ0v) is 21.3. The average Bonchev–Trinajstić information content (AvgIpc) is 3.01. The van der Waals surface area contributed by atoms with E-state index in [0.29, 0.717) is 38.8 Å². The Kier molecular flexibility index (Phi) is 10.9. The Bertz CT molecular complexity index is 876. The lowest BCUT2D eigenvalue weighted by molar-refractivity contribution is 0.179. The van der Waals surface area contributed by atoms with E-state index in [4.69, 9.17) is 14.2 Å². The zero-order chi connectivity index (χ0) is 22.1. The first-order valence-electron chi connectivity index (χ1n) is 10.9. The Morgan fingerprint density at radius 2 is 1.91 bits per heavy atom. The predicted octanol–water partition coefficient (Wildman–Crippen LogP) is 4.04. The Hall–Kier alpha value is -2.20. The molecular weight excluding hydrogens is 521 g/mol. The number of guanidine groups is 1. The summed E-state index contributed by atoms with van der Waals surface area (Å²) in [6.07, 6.45) is 0.257. The Morgan fingerprint density at radius 1 is 1.12 bits per heavy atom. The number of aliphatic hydroxyl groups excluding tert-OH is 1. The molecule has 3 rings (SSSR count). The maximum Gasteiger partial charge on any atom is 0.191 e. The number of aliphatic imine (C=N–C) groups is 1. The largest absolute Gasteiger partial charge is 0.491 e. The minimum atomic E-state index is -0.690. The highest BCUT2D eigenvalue weighted by atomic mass is 127. The Balaban J connectivity index is 0.00000363. The highest BCUT2D eigenvalue weighted by Crippen LogP contribution is 2.33. The standard InChI is InChI=1S/C24H33N3O4.HI/c1-4-25-24(26-15-19-9-6-11-22-23(19)30-13-7-12-29-22)27-16-21(28)18-8-5-10-20(14-18)31-17(2)3;/h5-6,8-11,14,17,21,28H,4,7,12-13,15-16H2,1-3H3,(H2,25,26,27);1H. The molecule has 0 fully saturated rings. The van der Waals surface area contributed by atoms with Crippen molar-refractivity contribution in [2.24, 2.45) is 4.99 Å². The maximum absolute atomic E-state index is 10.6. The molecule has 0 amide bonds. The van der Waals surface area contributed by atoms with Gasteiger partial charge in [0.05, 0.1) is 32.0 Å². The molecule has 0 saturated heterocycles. The van der Waals surface area contributed by atoms with Gasteiger partial charge in [0.1, 0.15) is 5.75 Å². The SMILES string of the molecule is CCNC(=NCc1cccc2c1OCCCO2)NCC(O)c1cccc(OC(C)C)c1.I. The van der Waals surface area contributed by atoms with Crippen LogP contribution in [0, 0.1) is 0 Å². The van der Waals surface area contributed by atoms with Gasteiger partial charge in [-0.1, -0.05) is 24.3 Å². The molecule has 1 heterocycles. The van der Waals surface area contributed by atoms with Crippen LogP contribution in [0.25, 0.3) is 0 Å². The van der Waals surface area contributed by atoms with Gasteiger partial charge < -0.3 is 30.0 Å². The predicted molar refractivity (Wildman–Crippen MR) is 137 cm³/mol. The summed E-state index contributed by atoms with van der Waals surface area (Å²) in [6, 6.07) is 13.4. The van der Waals surface area contributed by atoms with Gasteiger partial charge in [-0.15, -0.1) is 24.0 Å². The Labute approximate surface area is 207 Å². The molecule has 3 N–H and O–H groups in total. The molecule has 0 radical (unpaired) electrons. The van der Waals surface area contributed by atoms with Crippen LogP contribution >= 0.6 is 24.0 Å². The Morgan fingerprint density at radius 3 is 2.69 bits per heavy atom. The normalized spacial score (nSPS) is 14.2. The number of nitrogens with one attached hydrogen (secondary N) is 2. The van der Waals surface area contributed by atoms with Crippen molar-refractivity contribution >= 4 is 29.9 Å². The van der Waals surface area contributed by atoms with Crippen LogP contribution in [-0.2, 0) is 6.54 Å². The van der Waals surface area contributed by atoms with Crippen molar-refractivity contribution in [1.82, 2.24) is 10.6 Å². The van der Waals surface area contributed by atoms with E-state index in [2.05, 4.69) is 15.6 Å². The molecule has 1 aliphatic heterocycles. The molecule has 176 valence electrons. The van der Waals surface area contributed by atoms with E-state index in [1.807, 2.05) is 63.2 Å². The van der Waals surface area contributed by atoms with Gasteiger partial charge in [0.15, 0.2) is 17.5 Å². The summed E-state index contributed by atoms with van der Waals surface area (Å²) < 4.78 is 17.4. The third-order valence-corrected chi connectivity index (χ3v) is 4.68. The monoisotopic (exact) mass is 555 g/mol. The molecule has 0 bridgehead atoms. The highest BCUT2D eigenvalue weighted by molar-refractivity contribution is 14.0. The minimum absolute atomic E-state index is 0. The van der Waals surface area contributed by atoms with Crippen molar-refractivity contribution in [3.63, 3.8) is 0 Å². The van der Waals surface area contributed by atoms with E-state index in [1.54, 1.807) is 0 Å². The topological polar surface area (TPSA) is 84.3 Å². The van der Waals surface area contributed by atoms with Crippen LogP contribution in [0.1, 0.15) is 44.4 Å². The molecule has 8 heteroatoms. The summed E-state index contributed by atoms with van der Waals surface area (Å²) >= 11 is 0. The quantitative estimate of drug-likeness (QED) is 0.259. The van der Waals surface area contributed by atoms with Crippen molar-refractivity contribution in [2.45, 2.75) is 45.9 Å². The van der Waals surface area contributed by atoms with E-state index >= 15 is 0 Å². The van der Waals surface area contributed by atoms with Crippen LogP contribution in [0.5, 0.6) is 17.2 Å². The van der Waals surface area contributed by atoms with Crippen LogP contribution in [0.2, 0.25) is 0 Å². The second kappa shape index (κ2) is 13.4. The van der Waals surface area contributed by atoms with Gasteiger partial charge in [-0.25, -0.2) is 4.99 Å². The number of fused-ring (bicyclic) bond motifs is 1. The zero-order valence-electron chi connectivity index (χ0n) is 19.0. The first-order valence-corrected chi connectivity index (χ1v) is 10.9. The number of benzene rings is 2. The maximum atomic E-state index is 10.6. The molecule has 32 heavy (non-hydrogen) atoms. The van der Waals surface area contributed by atoms with E-state index in [-0.39, 0.29) is 30.1 Å². The van der Waals surface area contributed by atoms with Crippen LogP contribution < -0.4 is 24.8 Å². The van der Waals surface area contributed by atoms with Crippen LogP contribution in [-0.4, -0.2) is 43.5 Å². The minimum Gasteiger partial charge on any atom is -0.491 e. The summed E-state index contributed by atoms with van der Waals surface area (Å²) in [4.78, 5) is 4.67. The van der Waals surface area contributed by atoms with Crippen molar-refractivity contribution in [1.29, 1.82) is 0 Å². The molecule has 1 unspecified atom stereocenters. The van der Waals surface area contributed by atoms with Crippen molar-refractivity contribution in [3.05, 3.63) is 53.6 Å². The molecule has 0 aromatic heterocycles. The molecular formula is C24H34IN3O4. The molecule has 7 nitrogen and oxygen atoms in total. The van der Waals surface area contributed by atoms with Gasteiger partial charge in [-0.3, -0.25) is 0 Å². The van der Waals surface area contributed by atoms with Gasteiger partial charge in [-0.2, -0.15) is 0 Å². The second-order valence-electron chi connectivity index (χ2n) is 7.63. The number of aliphatic hydroxyl groups is 1. The summed E-state index contributed by atoms with van der Waals surface area (Å²) in [5.41, 5.74) is 1.76. The highest BCUT2D eigenvalue weighted by Gasteiger charge is 2.15. The molecule has 2 aromatic carbocycles. The number of hydrogen-bond donors (Lipinski definition) is 3. The first kappa shape index (κ1) is 26.1. The molecule has 2 aromatic rings. The second-order valence-corrected chi connectivity index (χ2v) is 7.63. The molecule has 1 aliphatic rings. The van der Waals surface area contributed by atoms with Gasteiger partial charge in [0.2, 0.25) is 0 Å². The van der Waals surface area contributed by atoms with Gasteiger partial charge in [-0.05, 0) is 44.5 Å². The summed E-state index contributed by atoms with van der Waals surface area (Å²) in [5.74, 6) is 2.91. The molecule has 0 aliphatic carbocycles. The number of nitrogens with zero attached hydrogens (tertiary/aromatic N) is 1. The lowest BCUT2D eigenvalue weighted by Gasteiger charge is -2.17. The lowest BCUT2D eigenvalue weighted by atomic mass is 10.1. The number of ether oxygens (including phenoxy) is 3. The fourth-order valence-electron chi connectivity index (χ4n) is 3.26. The van der Waals surface area contributed by atoms with Crippen molar-refractivity contribution < 1.29 is 19.3 Å². The van der Waals surface area contributed by atoms with Crippen LogP contribution in [0.3, 0.4) is 0 Å². The van der Waals surface area contributed by atoms with Gasteiger partial charge in [0.25, 0.3) is 0 Å². The molecule has 0 saturated carbocycles. The third kappa shape index (κ3) is 7.74. The van der Waals surface area contributed by atoms with Gasteiger partial charge in [0, 0.05) is 25.1 Å². The van der Waals surface area contributed by atoms with E-state index in [0.717, 1.165) is 34.8 Å². The van der Waals surface area contributed by atoms with E-state index in [1.165, 1.54) is 0 Å².